The van der Waals surface area contributed by atoms with E-state index < -0.39 is 0 Å². The second kappa shape index (κ2) is 7.75. The van der Waals surface area contributed by atoms with Gasteiger partial charge in [0, 0.05) is 4.28 Å². The average molecular weight is 393 g/mol. The van der Waals surface area contributed by atoms with E-state index in [0.29, 0.717) is 10.8 Å². The Kier molecular flexibility index (Phi) is 5.80. The van der Waals surface area contributed by atoms with Crippen LogP contribution in [0.15, 0.2) is 11.6 Å². The van der Waals surface area contributed by atoms with E-state index in [1.54, 1.807) is 5.57 Å². The van der Waals surface area contributed by atoms with Gasteiger partial charge in [-0.05, 0) is 97.7 Å². The number of rotatable bonds is 5. The summed E-state index contributed by atoms with van der Waals surface area (Å²) in [6, 6.07) is 0. The first-order chi connectivity index (χ1) is 13.3. The van der Waals surface area contributed by atoms with Crippen molar-refractivity contribution in [2.45, 2.75) is 111 Å². The van der Waals surface area contributed by atoms with Crippen LogP contribution in [0.25, 0.3) is 0 Å². The van der Waals surface area contributed by atoms with Gasteiger partial charge in [-0.15, -0.1) is 0 Å². The fourth-order valence-corrected chi connectivity index (χ4v) is 8.67. The number of aliphatic hydroxyl groups excluding tert-OH is 1. The number of fused-ring (bicyclic) bond motifs is 5. The summed E-state index contributed by atoms with van der Waals surface area (Å²) >= 11 is 0. The first-order valence-corrected chi connectivity index (χ1v) is 12.6. The van der Waals surface area contributed by atoms with Crippen LogP contribution in [0.3, 0.4) is 0 Å². The van der Waals surface area contributed by atoms with Crippen LogP contribution >= 0.6 is 0 Å². The Labute approximate surface area is 179 Å². The van der Waals surface area contributed by atoms with E-state index in [4.69, 9.17) is 0 Å². The molecule has 0 bridgehead atoms. The molecule has 1 heteroatoms. The molecule has 28 heavy (non-hydrogen) atoms. The molecule has 0 saturated heterocycles. The average Bonchev–Trinajstić information content (AvgIpc) is 2.99. The van der Waals surface area contributed by atoms with Crippen LogP contribution in [0.1, 0.15) is 110 Å². The van der Waals surface area contributed by atoms with E-state index in [-0.39, 0.29) is 10.4 Å². The molecule has 0 amide bonds. The van der Waals surface area contributed by atoms with Gasteiger partial charge in [0.25, 0.3) is 0 Å². The molecule has 1 nitrogen and oxygen atoms in total. The van der Waals surface area contributed by atoms with Gasteiger partial charge in [-0.2, -0.15) is 0 Å². The lowest BCUT2D eigenvalue weighted by atomic mass is 9.47. The normalized spacial score (nSPS) is 46.5. The van der Waals surface area contributed by atoms with Crippen molar-refractivity contribution in [2.75, 3.05) is 0 Å². The summed E-state index contributed by atoms with van der Waals surface area (Å²) in [6.45, 7) is 12.6. The number of allylic oxidation sites excluding steroid dienone is 1. The van der Waals surface area contributed by atoms with Crippen molar-refractivity contribution in [2.24, 2.45) is 46.3 Å². The van der Waals surface area contributed by atoms with Gasteiger partial charge in [0.15, 0.2) is 0 Å². The molecular formula is C27H52O. The summed E-state index contributed by atoms with van der Waals surface area (Å²) in [5, 5.41) is 10.2. The molecule has 4 aliphatic rings. The zero-order valence-electron chi connectivity index (χ0n) is 19.3. The van der Waals surface area contributed by atoms with Gasteiger partial charge in [-0.25, -0.2) is 0 Å². The fourth-order valence-electron chi connectivity index (χ4n) is 8.67. The molecule has 0 radical (unpaired) electrons. The van der Waals surface area contributed by atoms with Crippen LogP contribution in [-0.2, 0) is 0 Å². The molecule has 0 aromatic rings. The maximum absolute atomic E-state index is 10.2. The van der Waals surface area contributed by atoms with Crippen LogP contribution < -0.4 is 0 Å². The van der Waals surface area contributed by atoms with E-state index in [2.05, 4.69) is 40.7 Å². The van der Waals surface area contributed by atoms with Gasteiger partial charge >= 0.3 is 0 Å². The van der Waals surface area contributed by atoms with Gasteiger partial charge in [0.1, 0.15) is 0 Å². The van der Waals surface area contributed by atoms with Gasteiger partial charge < -0.3 is 5.11 Å². The van der Waals surface area contributed by atoms with Crippen molar-refractivity contribution >= 4 is 0 Å². The summed E-state index contributed by atoms with van der Waals surface area (Å²) in [5.41, 5.74) is 2.60. The van der Waals surface area contributed by atoms with Crippen molar-refractivity contribution in [3.63, 3.8) is 0 Å². The molecule has 3 unspecified atom stereocenters. The SMILES string of the molecule is CC(C)CCC[C@@H](C)C1CCC2[C@@H]3CC=C4C[C@@H](O)CC[C@]4(C)C3CC[C@@]21C.[HH].[HH].[HH]. The highest BCUT2D eigenvalue weighted by Gasteiger charge is 2.59. The minimum absolute atomic E-state index is 0. The first kappa shape index (κ1) is 21.0. The topological polar surface area (TPSA) is 20.2 Å². The highest BCUT2D eigenvalue weighted by atomic mass is 16.3. The summed E-state index contributed by atoms with van der Waals surface area (Å²) in [6.07, 6.45) is 17.2. The molecule has 8 atom stereocenters. The highest BCUT2D eigenvalue weighted by Crippen LogP contribution is 2.67. The summed E-state index contributed by atoms with van der Waals surface area (Å²) < 4.78 is 0. The van der Waals surface area contributed by atoms with Gasteiger partial charge in [0.2, 0.25) is 0 Å². The summed E-state index contributed by atoms with van der Waals surface area (Å²) in [4.78, 5) is 0. The molecule has 4 aliphatic carbocycles. The van der Waals surface area contributed by atoms with E-state index in [1.165, 1.54) is 57.8 Å². The van der Waals surface area contributed by atoms with E-state index in [0.717, 1.165) is 48.3 Å². The Morgan fingerprint density at radius 3 is 2.57 bits per heavy atom. The first-order valence-electron chi connectivity index (χ1n) is 12.6. The van der Waals surface area contributed by atoms with E-state index in [9.17, 15) is 5.11 Å². The quantitative estimate of drug-likeness (QED) is 0.468. The van der Waals surface area contributed by atoms with Gasteiger partial charge in [-0.1, -0.05) is 65.5 Å². The molecule has 4 rings (SSSR count). The summed E-state index contributed by atoms with van der Waals surface area (Å²) in [7, 11) is 0. The van der Waals surface area contributed by atoms with Crippen LogP contribution in [0.5, 0.6) is 0 Å². The zero-order chi connectivity index (χ0) is 20.1. The lowest BCUT2D eigenvalue weighted by Gasteiger charge is -2.58. The number of hydrogen-bond acceptors (Lipinski definition) is 1. The number of aliphatic hydroxyl groups is 1. The fraction of sp³-hybridized carbons (Fsp3) is 0.926. The second-order valence-corrected chi connectivity index (χ2v) is 12.2. The predicted molar refractivity (Wildman–Crippen MR) is 125 cm³/mol. The molecule has 1 N–H and O–H groups in total. The van der Waals surface area contributed by atoms with Crippen molar-refractivity contribution in [3.05, 3.63) is 11.6 Å². The Balaban J connectivity index is 0.00000160. The van der Waals surface area contributed by atoms with Crippen molar-refractivity contribution in [1.29, 1.82) is 0 Å². The lowest BCUT2D eigenvalue weighted by molar-refractivity contribution is -0.0573. The maximum Gasteiger partial charge on any atom is 0.0577 e. The molecule has 0 aliphatic heterocycles. The van der Waals surface area contributed by atoms with Crippen LogP contribution in [0.2, 0.25) is 0 Å². The third-order valence-electron chi connectivity index (χ3n) is 10.3. The molecule has 0 aromatic carbocycles. The van der Waals surface area contributed by atoms with Crippen molar-refractivity contribution in [1.82, 2.24) is 0 Å². The number of hydrogen-bond donors (Lipinski definition) is 1. The van der Waals surface area contributed by atoms with E-state index >= 15 is 0 Å². The highest BCUT2D eigenvalue weighted by molar-refractivity contribution is 5.25. The molecule has 0 spiro atoms. The largest absolute Gasteiger partial charge is 0.393 e. The smallest absolute Gasteiger partial charge is 0.0577 e. The second-order valence-electron chi connectivity index (χ2n) is 12.2. The van der Waals surface area contributed by atoms with Crippen molar-refractivity contribution in [3.8, 4) is 0 Å². The lowest BCUT2D eigenvalue weighted by Crippen LogP contribution is -2.50. The van der Waals surface area contributed by atoms with Crippen LogP contribution in [0, 0.1) is 46.3 Å². The Bertz CT molecular complexity index is 605. The minimum atomic E-state index is -0.0766. The molecule has 0 aromatic heterocycles. The van der Waals surface area contributed by atoms with Crippen LogP contribution in [0.4, 0.5) is 0 Å². The Hall–Kier alpha value is -0.300. The Morgan fingerprint density at radius 2 is 1.82 bits per heavy atom. The third-order valence-corrected chi connectivity index (χ3v) is 10.3. The molecule has 0 heterocycles. The maximum atomic E-state index is 10.2. The van der Waals surface area contributed by atoms with Crippen LogP contribution in [-0.4, -0.2) is 11.2 Å². The third kappa shape index (κ3) is 3.42. The monoisotopic (exact) mass is 392 g/mol. The van der Waals surface area contributed by atoms with Crippen molar-refractivity contribution < 1.29 is 9.39 Å². The van der Waals surface area contributed by atoms with E-state index in [1.807, 2.05) is 0 Å². The molecule has 3 saturated carbocycles. The molecular weight excluding hydrogens is 340 g/mol. The Morgan fingerprint density at radius 1 is 1.04 bits per heavy atom. The van der Waals surface area contributed by atoms with Gasteiger partial charge in [0.05, 0.1) is 6.10 Å². The minimum Gasteiger partial charge on any atom is -0.393 e. The zero-order valence-corrected chi connectivity index (χ0v) is 19.3. The van der Waals surface area contributed by atoms with Gasteiger partial charge in [-0.3, -0.25) is 0 Å². The summed E-state index contributed by atoms with van der Waals surface area (Å²) in [5.74, 6) is 5.46. The predicted octanol–water partition coefficient (Wildman–Crippen LogP) is 8.13. The molecule has 3 fully saturated rings. The standard InChI is InChI=1S/C27H46O.3H2/c1-18(2)7-6-8-19(3)23-11-12-24-22-10-9-20-17-21(28)13-15-26(20,4)25(22)14-16-27(23,24)5;;;/h9,18-19,21-25,28H,6-8,10-17H2,1-5H3;3*1H/t19-,21+,22+,23?,24?,25?,26+,27-;;;/m1.../s1. The molecule has 166 valence electrons.